The number of hydrogen-bond donors (Lipinski definition) is 2. The van der Waals surface area contributed by atoms with E-state index in [-0.39, 0.29) is 49.3 Å². The number of nitrogens with one attached hydrogen (secondary N) is 2. The number of anilines is 3. The second-order valence-corrected chi connectivity index (χ2v) is 6.95. The Morgan fingerprint density at radius 1 is 1.36 bits per heavy atom. The molecule has 33 heavy (non-hydrogen) atoms. The summed E-state index contributed by atoms with van der Waals surface area (Å²) in [5.41, 5.74) is -0.999. The van der Waals surface area contributed by atoms with Crippen molar-refractivity contribution in [1.82, 2.24) is 14.9 Å². The first-order chi connectivity index (χ1) is 15.8. The van der Waals surface area contributed by atoms with Crippen LogP contribution in [0.25, 0.3) is 0 Å². The predicted octanol–water partition coefficient (Wildman–Crippen LogP) is 3.69. The molecule has 0 spiro atoms. The Kier molecular flexibility index (Phi) is 7.84. The van der Waals surface area contributed by atoms with Gasteiger partial charge in [0.05, 0.1) is 24.9 Å². The Hall–Kier alpha value is -3.22. The van der Waals surface area contributed by atoms with Crippen molar-refractivity contribution < 1.29 is 36.2 Å². The number of halogens is 5. The number of carbonyl (C=O) groups is 1. The van der Waals surface area contributed by atoms with Gasteiger partial charge < -0.3 is 25.0 Å². The number of hydrogen-bond acceptors (Lipinski definition) is 7. The smallest absolute Gasteiger partial charge is 0.421 e. The van der Waals surface area contributed by atoms with Gasteiger partial charge in [0.2, 0.25) is 12.4 Å². The summed E-state index contributed by atoms with van der Waals surface area (Å²) >= 11 is 0. The van der Waals surface area contributed by atoms with E-state index in [0.29, 0.717) is 19.2 Å². The zero-order chi connectivity index (χ0) is 24.0. The summed E-state index contributed by atoms with van der Waals surface area (Å²) in [7, 11) is 0. The highest BCUT2D eigenvalue weighted by molar-refractivity contribution is 5.65. The third-order valence-corrected chi connectivity index (χ3v) is 4.78. The predicted molar refractivity (Wildman–Crippen MR) is 109 cm³/mol. The number of nitrogens with zero attached hydrogens (tertiary/aromatic N) is 3. The molecule has 1 aliphatic heterocycles. The van der Waals surface area contributed by atoms with Crippen molar-refractivity contribution in [2.24, 2.45) is 0 Å². The molecule has 1 atom stereocenters. The van der Waals surface area contributed by atoms with Crippen LogP contribution >= 0.6 is 0 Å². The number of morpholine rings is 1. The molecule has 2 N–H and O–H groups in total. The van der Waals surface area contributed by atoms with Crippen LogP contribution in [-0.2, 0) is 15.7 Å². The van der Waals surface area contributed by atoms with E-state index in [2.05, 4.69) is 20.6 Å². The average molecular weight is 475 g/mol. The summed E-state index contributed by atoms with van der Waals surface area (Å²) in [4.78, 5) is 20.2. The van der Waals surface area contributed by atoms with Gasteiger partial charge in [-0.1, -0.05) is 0 Å². The van der Waals surface area contributed by atoms with Gasteiger partial charge in [-0.05, 0) is 13.0 Å². The quantitative estimate of drug-likeness (QED) is 0.423. The number of carbonyl (C=O) groups excluding carboxylic acids is 1. The highest BCUT2D eigenvalue weighted by Gasteiger charge is 2.35. The highest BCUT2D eigenvalue weighted by atomic mass is 19.4. The molecule has 2 aromatic rings. The standard InChI is InChI=1S/C20H22F5N5O3/c1-2-26-18-13(20(23,24)25)9-27-19(29-18)28-15-8-14(22)12(7-17(15)33-5-3-21)16-10-32-6-4-30(16)11-31/h7-9,11,16H,2-6,10H2,1H3,(H2,26,27,28,29). The average Bonchev–Trinajstić information content (AvgIpc) is 2.78. The van der Waals surface area contributed by atoms with Crippen molar-refractivity contribution in [3.63, 3.8) is 0 Å². The molecule has 2 heterocycles. The second-order valence-electron chi connectivity index (χ2n) is 6.95. The highest BCUT2D eigenvalue weighted by Crippen LogP contribution is 2.37. The molecule has 0 saturated carbocycles. The van der Waals surface area contributed by atoms with Crippen molar-refractivity contribution >= 4 is 23.9 Å². The maximum Gasteiger partial charge on any atom is 0.421 e. The largest absolute Gasteiger partial charge is 0.489 e. The molecule has 180 valence electrons. The van der Waals surface area contributed by atoms with Gasteiger partial charge in [0.1, 0.15) is 36.2 Å². The lowest BCUT2D eigenvalue weighted by Gasteiger charge is -2.33. The van der Waals surface area contributed by atoms with E-state index in [4.69, 9.17) is 9.47 Å². The summed E-state index contributed by atoms with van der Waals surface area (Å²) in [5.74, 6) is -1.43. The number of rotatable bonds is 9. The van der Waals surface area contributed by atoms with Crippen LogP contribution in [0.15, 0.2) is 18.3 Å². The van der Waals surface area contributed by atoms with Gasteiger partial charge in [-0.25, -0.2) is 13.8 Å². The lowest BCUT2D eigenvalue weighted by atomic mass is 10.0. The van der Waals surface area contributed by atoms with E-state index in [1.165, 1.54) is 11.0 Å². The van der Waals surface area contributed by atoms with Crippen LogP contribution < -0.4 is 15.4 Å². The Bertz CT molecular complexity index is 976. The Balaban J connectivity index is 1.97. The van der Waals surface area contributed by atoms with E-state index in [0.717, 1.165) is 6.07 Å². The first kappa shape index (κ1) is 24.4. The molecule has 0 radical (unpaired) electrons. The number of benzene rings is 1. The monoisotopic (exact) mass is 475 g/mol. The molecule has 1 aromatic heterocycles. The number of alkyl halides is 4. The third-order valence-electron chi connectivity index (χ3n) is 4.78. The minimum absolute atomic E-state index is 0.00831. The molecule has 13 heteroatoms. The van der Waals surface area contributed by atoms with Crippen LogP contribution in [0.4, 0.5) is 39.4 Å². The van der Waals surface area contributed by atoms with Crippen LogP contribution in [0.5, 0.6) is 5.75 Å². The summed E-state index contributed by atoms with van der Waals surface area (Å²) in [6, 6.07) is 1.59. The van der Waals surface area contributed by atoms with E-state index >= 15 is 0 Å². The zero-order valence-electron chi connectivity index (χ0n) is 17.6. The fraction of sp³-hybridized carbons (Fsp3) is 0.450. The number of aromatic nitrogens is 2. The molecule has 1 aromatic carbocycles. The van der Waals surface area contributed by atoms with Crippen LogP contribution in [0.3, 0.4) is 0 Å². The molecule has 1 fully saturated rings. The van der Waals surface area contributed by atoms with E-state index in [9.17, 15) is 26.7 Å². The van der Waals surface area contributed by atoms with E-state index < -0.39 is 36.1 Å². The van der Waals surface area contributed by atoms with E-state index in [1.54, 1.807) is 6.92 Å². The maximum atomic E-state index is 15.0. The maximum absolute atomic E-state index is 15.0. The summed E-state index contributed by atoms with van der Waals surface area (Å²) in [5, 5.41) is 5.14. The zero-order valence-corrected chi connectivity index (χ0v) is 17.6. The van der Waals surface area contributed by atoms with Gasteiger partial charge in [-0.2, -0.15) is 18.2 Å². The molecule has 1 unspecified atom stereocenters. The van der Waals surface area contributed by atoms with Gasteiger partial charge in [0.15, 0.2) is 0 Å². The van der Waals surface area contributed by atoms with E-state index in [1.807, 2.05) is 0 Å². The van der Waals surface area contributed by atoms with Crippen LogP contribution in [0.1, 0.15) is 24.1 Å². The molecule has 1 saturated heterocycles. The summed E-state index contributed by atoms with van der Waals surface area (Å²) < 4.78 is 78.0. The molecule has 3 rings (SSSR count). The topological polar surface area (TPSA) is 88.6 Å². The minimum atomic E-state index is -4.67. The van der Waals surface area contributed by atoms with Gasteiger partial charge in [0.25, 0.3) is 0 Å². The molecule has 0 bridgehead atoms. The van der Waals surface area contributed by atoms with Crippen LogP contribution in [0, 0.1) is 5.82 Å². The Morgan fingerprint density at radius 2 is 2.15 bits per heavy atom. The second kappa shape index (κ2) is 10.6. The normalized spacial score (nSPS) is 16.4. The molecule has 1 amide bonds. The van der Waals surface area contributed by atoms with Gasteiger partial charge in [0, 0.05) is 30.9 Å². The van der Waals surface area contributed by atoms with Crippen molar-refractivity contribution in [2.75, 3.05) is 50.2 Å². The fourth-order valence-corrected chi connectivity index (χ4v) is 3.27. The number of ether oxygens (including phenoxy) is 2. The van der Waals surface area contributed by atoms with Gasteiger partial charge in [-0.15, -0.1) is 0 Å². The lowest BCUT2D eigenvalue weighted by Crippen LogP contribution is -2.38. The van der Waals surface area contributed by atoms with Crippen molar-refractivity contribution in [3.8, 4) is 5.75 Å². The van der Waals surface area contributed by atoms with Crippen LogP contribution in [0.2, 0.25) is 0 Å². The SMILES string of the molecule is CCNc1nc(Nc2cc(F)c(C3COCCN3C=O)cc2OCCF)ncc1C(F)(F)F. The lowest BCUT2D eigenvalue weighted by molar-refractivity contribution is -0.137. The van der Waals surface area contributed by atoms with Crippen molar-refractivity contribution in [3.05, 3.63) is 35.3 Å². The molecule has 0 aliphatic carbocycles. The number of amides is 1. The fourth-order valence-electron chi connectivity index (χ4n) is 3.27. The third kappa shape index (κ3) is 5.78. The summed E-state index contributed by atoms with van der Waals surface area (Å²) in [6.45, 7) is 1.21. The molecule has 8 nitrogen and oxygen atoms in total. The van der Waals surface area contributed by atoms with Gasteiger partial charge in [-0.3, -0.25) is 4.79 Å². The van der Waals surface area contributed by atoms with Gasteiger partial charge >= 0.3 is 6.18 Å². The van der Waals surface area contributed by atoms with Crippen LogP contribution in [-0.4, -0.2) is 60.9 Å². The first-order valence-electron chi connectivity index (χ1n) is 10.0. The molecular weight excluding hydrogens is 453 g/mol. The Morgan fingerprint density at radius 3 is 2.82 bits per heavy atom. The molecule has 1 aliphatic rings. The summed E-state index contributed by atoms with van der Waals surface area (Å²) in [6.07, 6.45) is -3.49. The first-order valence-corrected chi connectivity index (χ1v) is 10.0. The molecular formula is C20H22F5N5O3. The Labute approximate surface area is 186 Å². The minimum Gasteiger partial charge on any atom is -0.489 e. The van der Waals surface area contributed by atoms with Crippen molar-refractivity contribution in [1.29, 1.82) is 0 Å². The van der Waals surface area contributed by atoms with Crippen molar-refractivity contribution in [2.45, 2.75) is 19.1 Å².